The summed E-state index contributed by atoms with van der Waals surface area (Å²) in [5, 5.41) is 2.38. The first-order valence-electron chi connectivity index (χ1n) is 5.61. The summed E-state index contributed by atoms with van der Waals surface area (Å²) in [6, 6.07) is 1.75. The van der Waals surface area contributed by atoms with Gasteiger partial charge in [-0.3, -0.25) is 4.79 Å². The van der Waals surface area contributed by atoms with Crippen molar-refractivity contribution in [3.8, 4) is 0 Å². The lowest BCUT2D eigenvalue weighted by molar-refractivity contribution is -0.118. The number of hydrogen-bond donors (Lipinski definition) is 2. The largest absolute Gasteiger partial charge is 0.393 e. The number of carbonyl (C=O) groups excluding carboxylic acids is 1. The lowest BCUT2D eigenvalue weighted by Gasteiger charge is -2.15. The first kappa shape index (κ1) is 16.0. The summed E-state index contributed by atoms with van der Waals surface area (Å²) in [4.78, 5) is 12.0. The van der Waals surface area contributed by atoms with Crippen LogP contribution in [0.25, 0.3) is 0 Å². The monoisotopic (exact) mass is 350 g/mol. The lowest BCUT2D eigenvalue weighted by atomic mass is 10.0. The predicted molar refractivity (Wildman–Crippen MR) is 77.9 cm³/mol. The van der Waals surface area contributed by atoms with Crippen molar-refractivity contribution in [1.29, 1.82) is 0 Å². The van der Waals surface area contributed by atoms with Crippen LogP contribution in [0, 0.1) is 17.6 Å². The highest BCUT2D eigenvalue weighted by atomic mass is 79.9. The van der Waals surface area contributed by atoms with Gasteiger partial charge < -0.3 is 11.1 Å². The van der Waals surface area contributed by atoms with Crippen LogP contribution in [-0.2, 0) is 4.79 Å². The molecule has 104 valence electrons. The van der Waals surface area contributed by atoms with Gasteiger partial charge in [0, 0.05) is 10.5 Å². The van der Waals surface area contributed by atoms with E-state index in [-0.39, 0.29) is 15.1 Å². The fourth-order valence-electron chi connectivity index (χ4n) is 1.56. The third kappa shape index (κ3) is 4.21. The maximum absolute atomic E-state index is 13.6. The second-order valence-corrected chi connectivity index (χ2v) is 5.30. The highest BCUT2D eigenvalue weighted by Gasteiger charge is 2.22. The molecule has 0 heterocycles. The predicted octanol–water partition coefficient (Wildman–Crippen LogP) is 3.37. The van der Waals surface area contributed by atoms with Crippen LogP contribution in [0.4, 0.5) is 14.5 Å². The molecule has 0 saturated heterocycles. The molecule has 3 N–H and O–H groups in total. The molecule has 7 heteroatoms. The van der Waals surface area contributed by atoms with Crippen LogP contribution in [0.1, 0.15) is 19.8 Å². The van der Waals surface area contributed by atoms with E-state index >= 15 is 0 Å². The van der Waals surface area contributed by atoms with Crippen LogP contribution >= 0.6 is 28.1 Å². The van der Waals surface area contributed by atoms with E-state index in [4.69, 9.17) is 18.0 Å². The van der Waals surface area contributed by atoms with E-state index in [1.54, 1.807) is 0 Å². The van der Waals surface area contributed by atoms with Gasteiger partial charge in [-0.15, -0.1) is 0 Å². The van der Waals surface area contributed by atoms with Gasteiger partial charge in [0.05, 0.1) is 16.6 Å². The molecule has 1 rings (SSSR count). The van der Waals surface area contributed by atoms with Gasteiger partial charge in [-0.25, -0.2) is 8.78 Å². The lowest BCUT2D eigenvalue weighted by Crippen LogP contribution is -2.33. The molecule has 0 aliphatic carbocycles. The van der Waals surface area contributed by atoms with Crippen molar-refractivity contribution in [2.24, 2.45) is 11.7 Å². The van der Waals surface area contributed by atoms with Crippen molar-refractivity contribution >= 4 is 44.7 Å². The average Bonchev–Trinajstić information content (AvgIpc) is 2.29. The molecule has 0 bridgehead atoms. The Balaban J connectivity index is 2.96. The topological polar surface area (TPSA) is 55.1 Å². The van der Waals surface area contributed by atoms with E-state index in [2.05, 4.69) is 21.2 Å². The Morgan fingerprint density at radius 2 is 2.16 bits per heavy atom. The standard InChI is InChI=1S/C12H13BrF2N2OS/c1-2-3-7(11(16)19)12(18)17-10-8(13)4-6(14)5-9(10)15/h4-5,7H,2-3H2,1H3,(H2,16,19)(H,17,18). The molecule has 0 aliphatic heterocycles. The molecular formula is C12H13BrF2N2OS. The molecule has 1 amide bonds. The molecule has 0 aromatic heterocycles. The number of amides is 1. The van der Waals surface area contributed by atoms with Gasteiger partial charge >= 0.3 is 0 Å². The molecule has 19 heavy (non-hydrogen) atoms. The van der Waals surface area contributed by atoms with Crippen LogP contribution in [0.3, 0.4) is 0 Å². The fourth-order valence-corrected chi connectivity index (χ4v) is 2.30. The summed E-state index contributed by atoms with van der Waals surface area (Å²) >= 11 is 7.81. The minimum atomic E-state index is -0.863. The summed E-state index contributed by atoms with van der Waals surface area (Å²) in [5.74, 6) is -2.77. The van der Waals surface area contributed by atoms with Gasteiger partial charge in [-0.1, -0.05) is 25.6 Å². The zero-order chi connectivity index (χ0) is 14.6. The smallest absolute Gasteiger partial charge is 0.234 e. The van der Waals surface area contributed by atoms with Crippen LogP contribution in [0.5, 0.6) is 0 Å². The van der Waals surface area contributed by atoms with Gasteiger partial charge in [0.2, 0.25) is 5.91 Å². The Kier molecular flexibility index (Phi) is 5.81. The van der Waals surface area contributed by atoms with Crippen molar-refractivity contribution < 1.29 is 13.6 Å². The zero-order valence-electron chi connectivity index (χ0n) is 10.2. The van der Waals surface area contributed by atoms with E-state index in [0.717, 1.165) is 6.07 Å². The molecule has 0 saturated carbocycles. The number of benzene rings is 1. The molecule has 1 unspecified atom stereocenters. The second-order valence-electron chi connectivity index (χ2n) is 3.98. The van der Waals surface area contributed by atoms with Crippen LogP contribution < -0.4 is 11.1 Å². The van der Waals surface area contributed by atoms with Gasteiger partial charge in [-0.2, -0.15) is 0 Å². The van der Waals surface area contributed by atoms with Gasteiger partial charge in [-0.05, 0) is 28.4 Å². The molecule has 0 fully saturated rings. The van der Waals surface area contributed by atoms with Crippen LogP contribution in [-0.4, -0.2) is 10.9 Å². The Bertz CT molecular complexity index is 487. The third-order valence-electron chi connectivity index (χ3n) is 2.49. The van der Waals surface area contributed by atoms with E-state index in [1.165, 1.54) is 0 Å². The zero-order valence-corrected chi connectivity index (χ0v) is 12.6. The second kappa shape index (κ2) is 6.91. The van der Waals surface area contributed by atoms with Crippen molar-refractivity contribution in [2.75, 3.05) is 5.32 Å². The Hall–Kier alpha value is -1.08. The Morgan fingerprint density at radius 1 is 1.53 bits per heavy atom. The minimum Gasteiger partial charge on any atom is -0.393 e. The van der Waals surface area contributed by atoms with Crippen molar-refractivity contribution in [1.82, 2.24) is 0 Å². The van der Waals surface area contributed by atoms with Crippen molar-refractivity contribution in [3.63, 3.8) is 0 Å². The summed E-state index contributed by atoms with van der Waals surface area (Å²) < 4.78 is 26.6. The first-order valence-corrected chi connectivity index (χ1v) is 6.81. The number of rotatable bonds is 5. The van der Waals surface area contributed by atoms with Gasteiger partial charge in [0.1, 0.15) is 5.82 Å². The van der Waals surface area contributed by atoms with Crippen molar-refractivity contribution in [2.45, 2.75) is 19.8 Å². The normalized spacial score (nSPS) is 12.0. The number of hydrogen-bond acceptors (Lipinski definition) is 2. The number of nitrogens with two attached hydrogens (primary N) is 1. The van der Waals surface area contributed by atoms with E-state index < -0.39 is 23.5 Å². The average molecular weight is 351 g/mol. The molecule has 1 aromatic carbocycles. The molecule has 1 aromatic rings. The SMILES string of the molecule is CCCC(C(=O)Nc1c(F)cc(F)cc1Br)C(N)=S. The molecule has 3 nitrogen and oxygen atoms in total. The quantitative estimate of drug-likeness (QED) is 0.800. The first-order chi connectivity index (χ1) is 8.86. The highest BCUT2D eigenvalue weighted by molar-refractivity contribution is 9.10. The summed E-state index contributed by atoms with van der Waals surface area (Å²) in [5.41, 5.74) is 5.36. The Morgan fingerprint density at radius 3 is 2.63 bits per heavy atom. The summed E-state index contributed by atoms with van der Waals surface area (Å²) in [7, 11) is 0. The molecule has 0 radical (unpaired) electrons. The van der Waals surface area contributed by atoms with E-state index in [9.17, 15) is 13.6 Å². The molecule has 0 spiro atoms. The maximum atomic E-state index is 13.6. The maximum Gasteiger partial charge on any atom is 0.234 e. The molecule has 1 atom stereocenters. The van der Waals surface area contributed by atoms with E-state index in [1.807, 2.05) is 6.92 Å². The van der Waals surface area contributed by atoms with E-state index in [0.29, 0.717) is 18.9 Å². The number of carbonyl (C=O) groups is 1. The number of nitrogens with one attached hydrogen (secondary N) is 1. The molecular weight excluding hydrogens is 338 g/mol. The van der Waals surface area contributed by atoms with Crippen LogP contribution in [0.2, 0.25) is 0 Å². The summed E-state index contributed by atoms with van der Waals surface area (Å²) in [6.45, 7) is 1.88. The fraction of sp³-hybridized carbons (Fsp3) is 0.333. The third-order valence-corrected chi connectivity index (χ3v) is 3.40. The Labute approximate surface area is 123 Å². The highest BCUT2D eigenvalue weighted by Crippen LogP contribution is 2.27. The van der Waals surface area contributed by atoms with Crippen molar-refractivity contribution in [3.05, 3.63) is 28.2 Å². The number of anilines is 1. The number of halogens is 3. The van der Waals surface area contributed by atoms with Gasteiger partial charge in [0.15, 0.2) is 5.82 Å². The minimum absolute atomic E-state index is 0.0537. The summed E-state index contributed by atoms with van der Waals surface area (Å²) in [6.07, 6.45) is 1.18. The molecule has 0 aliphatic rings. The van der Waals surface area contributed by atoms with Gasteiger partial charge in [0.25, 0.3) is 0 Å². The van der Waals surface area contributed by atoms with Crippen LogP contribution in [0.15, 0.2) is 16.6 Å². The number of thiocarbonyl (C=S) groups is 1.